The fraction of sp³-hybridized carbons (Fsp3) is 0.524. The van der Waals surface area contributed by atoms with Gasteiger partial charge in [0.25, 0.3) is 0 Å². The van der Waals surface area contributed by atoms with Crippen LogP contribution in [0, 0.1) is 20.8 Å². The minimum atomic E-state index is -3.00. The maximum absolute atomic E-state index is 12.4. The van der Waals surface area contributed by atoms with Crippen molar-refractivity contribution in [2.45, 2.75) is 45.9 Å². The number of hydrogen-bond donors (Lipinski definition) is 0. The minimum Gasteiger partial charge on any atom is -0.465 e. The van der Waals surface area contributed by atoms with Crippen molar-refractivity contribution in [3.63, 3.8) is 0 Å². The number of piperazine rings is 1. The number of benzene rings is 1. The Hall–Kier alpha value is -1.63. The Morgan fingerprint density at radius 3 is 2.19 bits per heavy atom. The second-order valence-electron chi connectivity index (χ2n) is 8.08. The first-order chi connectivity index (χ1) is 12.8. The van der Waals surface area contributed by atoms with Crippen molar-refractivity contribution in [3.05, 3.63) is 58.5 Å². The third-order valence-electron chi connectivity index (χ3n) is 6.02. The fourth-order valence-electron chi connectivity index (χ4n) is 4.40. The van der Waals surface area contributed by atoms with E-state index in [1.54, 1.807) is 0 Å². The van der Waals surface area contributed by atoms with Gasteiger partial charge in [0.05, 0.1) is 18.1 Å². The fourth-order valence-corrected chi connectivity index (χ4v) is 6.44. The SMILES string of the molecule is Cc1ccc(CN2CCN(Cc3ccc(C)c(C)c3)[C@H]3CS(=O)(=O)C[C@H]32)o1. The molecule has 5 nitrogen and oxygen atoms in total. The molecule has 6 heteroatoms. The van der Waals surface area contributed by atoms with Crippen LogP contribution in [0.3, 0.4) is 0 Å². The number of hydrogen-bond acceptors (Lipinski definition) is 5. The standard InChI is InChI=1S/C21H28N2O3S/c1-15-4-6-18(10-16(15)2)11-22-8-9-23(12-19-7-5-17(3)26-19)21-14-27(24,25)13-20(21)22/h4-7,10,20-21H,8-9,11-14H2,1-3H3/t20-,21+/m0/s1. The summed E-state index contributed by atoms with van der Waals surface area (Å²) < 4.78 is 30.6. The van der Waals surface area contributed by atoms with Gasteiger partial charge in [-0.25, -0.2) is 8.42 Å². The van der Waals surface area contributed by atoms with Crippen molar-refractivity contribution in [2.75, 3.05) is 24.6 Å². The monoisotopic (exact) mass is 388 g/mol. The van der Waals surface area contributed by atoms with Gasteiger partial charge < -0.3 is 4.42 Å². The Balaban J connectivity index is 1.53. The number of furan rings is 1. The van der Waals surface area contributed by atoms with Crippen molar-refractivity contribution in [2.24, 2.45) is 0 Å². The molecule has 4 rings (SSSR count). The van der Waals surface area contributed by atoms with Crippen molar-refractivity contribution < 1.29 is 12.8 Å². The van der Waals surface area contributed by atoms with E-state index in [-0.39, 0.29) is 23.6 Å². The average Bonchev–Trinajstić information content (AvgIpc) is 3.15. The lowest BCUT2D eigenvalue weighted by Gasteiger charge is -2.43. The molecule has 0 aliphatic carbocycles. The molecule has 3 heterocycles. The Kier molecular flexibility index (Phi) is 4.91. The number of rotatable bonds is 4. The van der Waals surface area contributed by atoms with Gasteiger partial charge in [-0.15, -0.1) is 0 Å². The van der Waals surface area contributed by atoms with Gasteiger partial charge in [-0.3, -0.25) is 9.80 Å². The summed E-state index contributed by atoms with van der Waals surface area (Å²) in [6.45, 7) is 9.42. The predicted octanol–water partition coefficient (Wildman–Crippen LogP) is 2.69. The second kappa shape index (κ2) is 7.08. The normalized spacial score (nSPS) is 25.6. The Labute approximate surface area is 161 Å². The highest BCUT2D eigenvalue weighted by atomic mass is 32.2. The molecule has 2 aliphatic heterocycles. The molecule has 146 valence electrons. The highest BCUT2D eigenvalue weighted by Gasteiger charge is 2.46. The molecule has 0 radical (unpaired) electrons. The van der Waals surface area contributed by atoms with E-state index in [2.05, 4.69) is 41.8 Å². The van der Waals surface area contributed by atoms with Crippen LogP contribution in [-0.2, 0) is 22.9 Å². The van der Waals surface area contributed by atoms with Crippen LogP contribution < -0.4 is 0 Å². The molecule has 1 aromatic carbocycles. The summed E-state index contributed by atoms with van der Waals surface area (Å²) >= 11 is 0. The average molecular weight is 389 g/mol. The molecule has 2 fully saturated rings. The van der Waals surface area contributed by atoms with Gasteiger partial charge in [0.15, 0.2) is 9.84 Å². The van der Waals surface area contributed by atoms with Crippen molar-refractivity contribution in [3.8, 4) is 0 Å². The van der Waals surface area contributed by atoms with E-state index in [0.29, 0.717) is 6.54 Å². The van der Waals surface area contributed by atoms with Crippen LogP contribution in [0.2, 0.25) is 0 Å². The van der Waals surface area contributed by atoms with E-state index in [4.69, 9.17) is 4.42 Å². The second-order valence-corrected chi connectivity index (χ2v) is 10.2. The molecule has 0 saturated carbocycles. The van der Waals surface area contributed by atoms with Gasteiger partial charge in [-0.1, -0.05) is 18.2 Å². The van der Waals surface area contributed by atoms with Crippen LogP contribution in [0.4, 0.5) is 0 Å². The third-order valence-corrected chi connectivity index (χ3v) is 7.72. The number of aryl methyl sites for hydroxylation is 3. The summed E-state index contributed by atoms with van der Waals surface area (Å²) in [5, 5.41) is 0. The molecular weight excluding hydrogens is 360 g/mol. The maximum Gasteiger partial charge on any atom is 0.153 e. The van der Waals surface area contributed by atoms with Crippen LogP contribution in [-0.4, -0.2) is 54.9 Å². The number of sulfone groups is 1. The van der Waals surface area contributed by atoms with Crippen LogP contribution in [0.25, 0.3) is 0 Å². The molecule has 0 spiro atoms. The van der Waals surface area contributed by atoms with Gasteiger partial charge in [-0.05, 0) is 49.6 Å². The topological polar surface area (TPSA) is 53.8 Å². The van der Waals surface area contributed by atoms with Gasteiger partial charge in [0.1, 0.15) is 11.5 Å². The molecule has 27 heavy (non-hydrogen) atoms. The predicted molar refractivity (Wildman–Crippen MR) is 106 cm³/mol. The smallest absolute Gasteiger partial charge is 0.153 e. The summed E-state index contributed by atoms with van der Waals surface area (Å²) in [6, 6.07) is 10.6. The highest BCUT2D eigenvalue weighted by molar-refractivity contribution is 7.91. The summed E-state index contributed by atoms with van der Waals surface area (Å²) in [5.74, 6) is 2.32. The van der Waals surface area contributed by atoms with E-state index in [9.17, 15) is 8.42 Å². The molecule has 2 aromatic rings. The molecule has 2 saturated heterocycles. The maximum atomic E-state index is 12.4. The molecule has 0 bridgehead atoms. The van der Waals surface area contributed by atoms with Crippen LogP contribution in [0.1, 0.15) is 28.2 Å². The summed E-state index contributed by atoms with van der Waals surface area (Å²) in [5.41, 5.74) is 3.84. The van der Waals surface area contributed by atoms with Crippen LogP contribution in [0.15, 0.2) is 34.7 Å². The van der Waals surface area contributed by atoms with Crippen LogP contribution >= 0.6 is 0 Å². The lowest BCUT2D eigenvalue weighted by atomic mass is 10.0. The number of fused-ring (bicyclic) bond motifs is 1. The van der Waals surface area contributed by atoms with Gasteiger partial charge in [0, 0.05) is 31.7 Å². The minimum absolute atomic E-state index is 0.0423. The Morgan fingerprint density at radius 2 is 1.59 bits per heavy atom. The molecule has 1 aromatic heterocycles. The highest BCUT2D eigenvalue weighted by Crippen LogP contribution is 2.29. The molecule has 0 amide bonds. The summed E-state index contributed by atoms with van der Waals surface area (Å²) in [6.07, 6.45) is 0. The van der Waals surface area contributed by atoms with Crippen molar-refractivity contribution >= 4 is 9.84 Å². The van der Waals surface area contributed by atoms with E-state index in [1.807, 2.05) is 19.1 Å². The van der Waals surface area contributed by atoms with E-state index >= 15 is 0 Å². The van der Waals surface area contributed by atoms with Crippen molar-refractivity contribution in [1.82, 2.24) is 9.80 Å². The van der Waals surface area contributed by atoms with Crippen LogP contribution in [0.5, 0.6) is 0 Å². The Morgan fingerprint density at radius 1 is 0.926 bits per heavy atom. The molecule has 2 aliphatic rings. The first-order valence-corrected chi connectivity index (χ1v) is 11.4. The first-order valence-electron chi connectivity index (χ1n) is 9.61. The Bertz CT molecular complexity index is 935. The van der Waals surface area contributed by atoms with E-state index < -0.39 is 9.84 Å². The zero-order chi connectivity index (χ0) is 19.2. The third kappa shape index (κ3) is 3.98. The van der Waals surface area contributed by atoms with Gasteiger partial charge >= 0.3 is 0 Å². The molecule has 0 N–H and O–H groups in total. The van der Waals surface area contributed by atoms with E-state index in [1.165, 1.54) is 16.7 Å². The van der Waals surface area contributed by atoms with Gasteiger partial charge in [-0.2, -0.15) is 0 Å². The molecule has 0 unspecified atom stereocenters. The van der Waals surface area contributed by atoms with Crippen molar-refractivity contribution in [1.29, 1.82) is 0 Å². The lowest BCUT2D eigenvalue weighted by Crippen LogP contribution is -2.58. The zero-order valence-corrected chi connectivity index (χ0v) is 17.1. The number of nitrogens with zero attached hydrogens (tertiary/aromatic N) is 2. The summed E-state index contributed by atoms with van der Waals surface area (Å²) in [7, 11) is -3.00. The van der Waals surface area contributed by atoms with E-state index in [0.717, 1.165) is 31.2 Å². The lowest BCUT2D eigenvalue weighted by molar-refractivity contribution is 0.0316. The quantitative estimate of drug-likeness (QED) is 0.806. The first kappa shape index (κ1) is 18.7. The summed E-state index contributed by atoms with van der Waals surface area (Å²) in [4.78, 5) is 4.66. The molecule has 2 atom stereocenters. The van der Waals surface area contributed by atoms with Gasteiger partial charge in [0.2, 0.25) is 0 Å². The largest absolute Gasteiger partial charge is 0.465 e. The molecular formula is C21H28N2O3S. The zero-order valence-electron chi connectivity index (χ0n) is 16.3.